The summed E-state index contributed by atoms with van der Waals surface area (Å²) in [6.07, 6.45) is 29.9. The van der Waals surface area contributed by atoms with Crippen molar-refractivity contribution in [1.82, 2.24) is 0 Å². The van der Waals surface area contributed by atoms with E-state index in [2.05, 4.69) is 97.1 Å². The molecule has 0 amide bonds. The minimum Gasteiger partial charge on any atom is -0.385 e. The lowest BCUT2D eigenvalue weighted by atomic mass is 9.71. The third-order valence-electron chi connectivity index (χ3n) is 8.33. The predicted octanol–water partition coefficient (Wildman–Crippen LogP) is 9.93. The van der Waals surface area contributed by atoms with Gasteiger partial charge in [-0.25, -0.2) is 0 Å². The fourth-order valence-corrected chi connectivity index (χ4v) is 5.45. The molecule has 1 unspecified atom stereocenters. The van der Waals surface area contributed by atoms with Gasteiger partial charge in [0.2, 0.25) is 0 Å². The van der Waals surface area contributed by atoms with Crippen LogP contribution >= 0.6 is 0 Å². The maximum absolute atomic E-state index is 12.2. The number of carbonyl (C=O) groups excluding carboxylic acids is 2. The van der Waals surface area contributed by atoms with Crippen molar-refractivity contribution in [2.75, 3.05) is 0 Å². The van der Waals surface area contributed by atoms with Gasteiger partial charge in [0.1, 0.15) is 6.10 Å². The Bertz CT molecular complexity index is 1420. The predicted molar refractivity (Wildman–Crippen MR) is 184 cm³/mol. The first-order chi connectivity index (χ1) is 20.0. The van der Waals surface area contributed by atoms with Crippen molar-refractivity contribution in [3.63, 3.8) is 0 Å². The summed E-state index contributed by atoms with van der Waals surface area (Å²) in [4.78, 5) is 24.4. The first kappa shape index (κ1) is 35.6. The molecular formula is C40H52O3. The molecular weight excluding hydrogens is 528 g/mol. The number of hydrogen-bond donors (Lipinski definition) is 1. The van der Waals surface area contributed by atoms with E-state index in [1.165, 1.54) is 0 Å². The van der Waals surface area contributed by atoms with Crippen LogP contribution in [0.3, 0.4) is 0 Å². The molecule has 0 aromatic carbocycles. The van der Waals surface area contributed by atoms with Gasteiger partial charge in [0.05, 0.1) is 0 Å². The molecule has 0 bridgehead atoms. The highest BCUT2D eigenvalue weighted by Crippen LogP contribution is 2.40. The fraction of sp³-hybridized carbons (Fsp3) is 0.400. The summed E-state index contributed by atoms with van der Waals surface area (Å²) in [7, 11) is 0. The minimum atomic E-state index is -0.900. The van der Waals surface area contributed by atoms with Crippen LogP contribution in [-0.4, -0.2) is 22.8 Å². The first-order valence-corrected chi connectivity index (χ1v) is 15.3. The second-order valence-electron chi connectivity index (χ2n) is 13.3. The highest BCUT2D eigenvalue weighted by molar-refractivity contribution is 6.00. The monoisotopic (exact) mass is 580 g/mol. The molecule has 1 N–H and O–H groups in total. The van der Waals surface area contributed by atoms with Gasteiger partial charge in [-0.1, -0.05) is 135 Å². The van der Waals surface area contributed by atoms with E-state index < -0.39 is 6.10 Å². The molecule has 230 valence electrons. The molecule has 0 heterocycles. The number of ketones is 2. The highest BCUT2D eigenvalue weighted by Gasteiger charge is 2.36. The van der Waals surface area contributed by atoms with Gasteiger partial charge in [-0.3, -0.25) is 9.59 Å². The van der Waals surface area contributed by atoms with E-state index in [9.17, 15) is 14.7 Å². The Morgan fingerprint density at radius 2 is 1.07 bits per heavy atom. The van der Waals surface area contributed by atoms with Crippen LogP contribution in [0.2, 0.25) is 0 Å². The van der Waals surface area contributed by atoms with Crippen molar-refractivity contribution in [3.8, 4) is 0 Å². The molecule has 0 saturated heterocycles. The maximum atomic E-state index is 12.2. The smallest absolute Gasteiger partial charge is 0.187 e. The van der Waals surface area contributed by atoms with Gasteiger partial charge in [-0.05, 0) is 87.5 Å². The Hall–Kier alpha value is -3.56. The number of carbonyl (C=O) groups is 2. The van der Waals surface area contributed by atoms with E-state index in [0.29, 0.717) is 18.4 Å². The number of allylic oxidation sites excluding steroid dienone is 21. The second-order valence-corrected chi connectivity index (χ2v) is 13.3. The number of rotatable bonds is 10. The molecule has 3 nitrogen and oxygen atoms in total. The molecule has 0 aromatic rings. The summed E-state index contributed by atoms with van der Waals surface area (Å²) in [5.41, 5.74) is 7.99. The van der Waals surface area contributed by atoms with Crippen molar-refractivity contribution in [2.24, 2.45) is 10.8 Å². The van der Waals surface area contributed by atoms with E-state index in [1.54, 1.807) is 6.92 Å². The van der Waals surface area contributed by atoms with Crippen LogP contribution in [-0.2, 0) is 9.59 Å². The van der Waals surface area contributed by atoms with Crippen molar-refractivity contribution in [1.29, 1.82) is 0 Å². The average molecular weight is 581 g/mol. The number of hydrogen-bond acceptors (Lipinski definition) is 3. The summed E-state index contributed by atoms with van der Waals surface area (Å²) in [6.45, 7) is 20.6. The lowest BCUT2D eigenvalue weighted by Crippen LogP contribution is -2.35. The summed E-state index contributed by atoms with van der Waals surface area (Å²) < 4.78 is 0. The van der Waals surface area contributed by atoms with Crippen molar-refractivity contribution < 1.29 is 14.7 Å². The van der Waals surface area contributed by atoms with E-state index in [-0.39, 0.29) is 22.4 Å². The molecule has 0 spiro atoms. The molecule has 0 aliphatic heterocycles. The summed E-state index contributed by atoms with van der Waals surface area (Å²) in [5, 5.41) is 10.0. The van der Waals surface area contributed by atoms with Crippen molar-refractivity contribution in [3.05, 3.63) is 130 Å². The van der Waals surface area contributed by atoms with E-state index in [4.69, 9.17) is 0 Å². The molecule has 2 aliphatic carbocycles. The third kappa shape index (κ3) is 10.9. The van der Waals surface area contributed by atoms with Crippen LogP contribution in [0.15, 0.2) is 130 Å². The van der Waals surface area contributed by atoms with E-state index >= 15 is 0 Å². The number of Topliss-reactive ketones (excluding diaryl/α,β-unsaturated/α-hetero) is 2. The van der Waals surface area contributed by atoms with Gasteiger partial charge in [-0.15, -0.1) is 0 Å². The molecule has 0 fully saturated rings. The Morgan fingerprint density at radius 1 is 0.651 bits per heavy atom. The van der Waals surface area contributed by atoms with E-state index in [0.717, 1.165) is 45.4 Å². The summed E-state index contributed by atoms with van der Waals surface area (Å²) in [5.74, 6) is 0.0963. The molecule has 2 aliphatic rings. The minimum absolute atomic E-state index is 0.0331. The van der Waals surface area contributed by atoms with Gasteiger partial charge in [0.15, 0.2) is 11.6 Å². The van der Waals surface area contributed by atoms with Crippen LogP contribution in [0, 0.1) is 10.8 Å². The summed E-state index contributed by atoms with van der Waals surface area (Å²) >= 11 is 0. The Kier molecular flexibility index (Phi) is 13.1. The quantitative estimate of drug-likeness (QED) is 0.262. The zero-order valence-electron chi connectivity index (χ0n) is 28.0. The van der Waals surface area contributed by atoms with Crippen LogP contribution in [0.5, 0.6) is 0 Å². The molecule has 3 heteroatoms. The zero-order valence-corrected chi connectivity index (χ0v) is 28.0. The maximum Gasteiger partial charge on any atom is 0.187 e. The second kappa shape index (κ2) is 15.8. The first-order valence-electron chi connectivity index (χ1n) is 15.3. The SMILES string of the molecule is CC1=C(/C=C/C(C)=C/C=C/C(C)=C/C=C/C=C(C)/C=C/C=C(C)/C=C/C2=C(C)C(=O)C(O)CC2(C)C)C(C)(C)CCC1=O. The molecule has 0 aromatic heterocycles. The Balaban J connectivity index is 1.94. The van der Waals surface area contributed by atoms with Crippen LogP contribution in [0.25, 0.3) is 0 Å². The third-order valence-corrected chi connectivity index (χ3v) is 8.33. The molecule has 0 radical (unpaired) electrons. The lowest BCUT2D eigenvalue weighted by molar-refractivity contribution is -0.125. The Morgan fingerprint density at radius 3 is 1.56 bits per heavy atom. The molecule has 2 rings (SSSR count). The van der Waals surface area contributed by atoms with E-state index in [1.807, 2.05) is 50.3 Å². The van der Waals surface area contributed by atoms with Gasteiger partial charge in [0, 0.05) is 6.42 Å². The normalized spacial score (nSPS) is 23.1. The number of aliphatic hydroxyl groups excluding tert-OH is 1. The molecule has 0 saturated carbocycles. The van der Waals surface area contributed by atoms with Crippen molar-refractivity contribution >= 4 is 11.6 Å². The largest absolute Gasteiger partial charge is 0.385 e. The van der Waals surface area contributed by atoms with Crippen LogP contribution < -0.4 is 0 Å². The van der Waals surface area contributed by atoms with Gasteiger partial charge < -0.3 is 5.11 Å². The lowest BCUT2D eigenvalue weighted by Gasteiger charge is -2.34. The standard InChI is InChI=1S/C40H52O3/c1-28(17-13-19-30(3)21-23-34-32(5)36(41)25-26-39(34,7)8)15-11-12-16-29(2)18-14-20-31(4)22-24-35-33(6)38(43)37(42)27-40(35,9)10/h11-24,37,42H,25-27H2,1-10H3/b12-11+,17-13+,18-14+,23-21+,24-22+,28-15+,29-16+,30-19+,31-20+. The number of aliphatic hydroxyl groups is 1. The average Bonchev–Trinajstić information content (AvgIpc) is 2.91. The van der Waals surface area contributed by atoms with Crippen LogP contribution in [0.1, 0.15) is 88.5 Å². The van der Waals surface area contributed by atoms with Gasteiger partial charge in [-0.2, -0.15) is 0 Å². The highest BCUT2D eigenvalue weighted by atomic mass is 16.3. The van der Waals surface area contributed by atoms with Crippen molar-refractivity contribution in [2.45, 2.75) is 94.6 Å². The zero-order chi connectivity index (χ0) is 32.4. The van der Waals surface area contributed by atoms with Gasteiger partial charge in [0.25, 0.3) is 0 Å². The van der Waals surface area contributed by atoms with Gasteiger partial charge >= 0.3 is 0 Å². The topological polar surface area (TPSA) is 54.4 Å². The molecule has 43 heavy (non-hydrogen) atoms. The summed E-state index contributed by atoms with van der Waals surface area (Å²) in [6, 6.07) is 0. The Labute approximate surface area is 260 Å². The molecule has 1 atom stereocenters. The fourth-order valence-electron chi connectivity index (χ4n) is 5.45. The van der Waals surface area contributed by atoms with Crippen LogP contribution in [0.4, 0.5) is 0 Å².